The van der Waals surface area contributed by atoms with Crippen LogP contribution in [-0.4, -0.2) is 37.2 Å². The summed E-state index contributed by atoms with van der Waals surface area (Å²) >= 11 is 0. The van der Waals surface area contributed by atoms with E-state index in [-0.39, 0.29) is 18.0 Å². The van der Waals surface area contributed by atoms with Gasteiger partial charge in [-0.2, -0.15) is 0 Å². The summed E-state index contributed by atoms with van der Waals surface area (Å²) in [5.41, 5.74) is 1.81. The van der Waals surface area contributed by atoms with E-state index in [1.165, 1.54) is 20.3 Å². The number of aliphatic imine (C=N–C) groups is 1. The van der Waals surface area contributed by atoms with Crippen LogP contribution in [0.25, 0.3) is 6.08 Å². The van der Waals surface area contributed by atoms with Gasteiger partial charge in [-0.1, -0.05) is 18.2 Å². The van der Waals surface area contributed by atoms with Gasteiger partial charge < -0.3 is 19.3 Å². The van der Waals surface area contributed by atoms with Crippen molar-refractivity contribution in [3.8, 4) is 11.5 Å². The zero-order chi connectivity index (χ0) is 19.4. The largest absolute Gasteiger partial charge is 0.496 e. The Bertz CT molecular complexity index is 921. The number of hydrogen-bond donors (Lipinski definition) is 1. The second kappa shape index (κ2) is 7.74. The summed E-state index contributed by atoms with van der Waals surface area (Å²) in [4.78, 5) is 27.5. The molecule has 0 fully saturated rings. The Balaban J connectivity index is 2.00. The first kappa shape index (κ1) is 18.2. The number of esters is 1. The Morgan fingerprint density at radius 3 is 2.33 bits per heavy atom. The number of cyclic esters (lactones) is 1. The average Bonchev–Trinajstić information content (AvgIpc) is 3.03. The minimum Gasteiger partial charge on any atom is -0.496 e. The van der Waals surface area contributed by atoms with Crippen molar-refractivity contribution < 1.29 is 28.9 Å². The maximum atomic E-state index is 12.1. The van der Waals surface area contributed by atoms with Crippen LogP contribution in [0, 0.1) is 0 Å². The van der Waals surface area contributed by atoms with E-state index in [0.717, 1.165) is 0 Å². The van der Waals surface area contributed by atoms with E-state index >= 15 is 0 Å². The van der Waals surface area contributed by atoms with Gasteiger partial charge in [0.15, 0.2) is 5.70 Å². The first-order chi connectivity index (χ1) is 13.0. The lowest BCUT2D eigenvalue weighted by Crippen LogP contribution is -2.06. The molecule has 3 rings (SSSR count). The summed E-state index contributed by atoms with van der Waals surface area (Å²) in [6, 6.07) is 12.3. The van der Waals surface area contributed by atoms with Crippen LogP contribution in [0.15, 0.2) is 53.2 Å². The molecular weight excluding hydrogens is 350 g/mol. The standard InChI is InChI=1S/C20H17NO6/c1-25-16-9-12(10-17(26-2)14(16)11-18(22)23)8-15-20(24)27-19(21-15)13-6-4-3-5-7-13/h3-10H,11H2,1-2H3,(H,22,23)/b15-8-. The number of benzene rings is 2. The van der Waals surface area contributed by atoms with Crippen LogP contribution in [0.1, 0.15) is 16.7 Å². The quantitative estimate of drug-likeness (QED) is 0.623. The number of carboxylic acids is 1. The van der Waals surface area contributed by atoms with Crippen molar-refractivity contribution in [1.82, 2.24) is 0 Å². The predicted octanol–water partition coefficient (Wildman–Crippen LogP) is 2.68. The van der Waals surface area contributed by atoms with Gasteiger partial charge in [-0.05, 0) is 35.9 Å². The van der Waals surface area contributed by atoms with Crippen molar-refractivity contribution in [3.05, 3.63) is 64.9 Å². The molecule has 0 saturated heterocycles. The molecule has 0 bridgehead atoms. The summed E-state index contributed by atoms with van der Waals surface area (Å²) in [5.74, 6) is -0.645. The number of ether oxygens (including phenoxy) is 3. The van der Waals surface area contributed by atoms with Gasteiger partial charge in [0.1, 0.15) is 11.5 Å². The van der Waals surface area contributed by atoms with Crippen LogP contribution in [0.4, 0.5) is 0 Å². The molecule has 0 saturated carbocycles. The average molecular weight is 367 g/mol. The fraction of sp³-hybridized carbons (Fsp3) is 0.150. The summed E-state index contributed by atoms with van der Waals surface area (Å²) in [6.45, 7) is 0. The summed E-state index contributed by atoms with van der Waals surface area (Å²) < 4.78 is 15.8. The smallest absolute Gasteiger partial charge is 0.363 e. The SMILES string of the molecule is COc1cc(/C=C2\N=C(c3ccccc3)OC2=O)cc(OC)c1CC(=O)O. The molecule has 7 heteroatoms. The normalized spacial score (nSPS) is 14.7. The third kappa shape index (κ3) is 3.98. The molecule has 138 valence electrons. The molecule has 0 aromatic heterocycles. The summed E-state index contributed by atoms with van der Waals surface area (Å²) in [6.07, 6.45) is 1.29. The molecule has 7 nitrogen and oxygen atoms in total. The Morgan fingerprint density at radius 1 is 1.15 bits per heavy atom. The lowest BCUT2D eigenvalue weighted by atomic mass is 10.0. The van der Waals surface area contributed by atoms with Gasteiger partial charge >= 0.3 is 11.9 Å². The maximum absolute atomic E-state index is 12.1. The molecule has 1 aliphatic heterocycles. The van der Waals surface area contributed by atoms with Crippen LogP contribution in [0.3, 0.4) is 0 Å². The Kier molecular flexibility index (Phi) is 5.21. The van der Waals surface area contributed by atoms with Crippen LogP contribution in [-0.2, 0) is 20.7 Å². The number of rotatable bonds is 6. The molecule has 27 heavy (non-hydrogen) atoms. The molecule has 2 aromatic rings. The lowest BCUT2D eigenvalue weighted by molar-refractivity contribution is -0.136. The third-order valence-electron chi connectivity index (χ3n) is 3.90. The summed E-state index contributed by atoms with van der Waals surface area (Å²) in [5, 5.41) is 9.08. The first-order valence-corrected chi connectivity index (χ1v) is 8.06. The zero-order valence-corrected chi connectivity index (χ0v) is 14.8. The highest BCUT2D eigenvalue weighted by atomic mass is 16.6. The molecule has 0 spiro atoms. The highest BCUT2D eigenvalue weighted by molar-refractivity contribution is 6.12. The van der Waals surface area contributed by atoms with Crippen molar-refractivity contribution in [2.24, 2.45) is 4.99 Å². The zero-order valence-electron chi connectivity index (χ0n) is 14.8. The van der Waals surface area contributed by atoms with Crippen molar-refractivity contribution in [3.63, 3.8) is 0 Å². The van der Waals surface area contributed by atoms with Crippen molar-refractivity contribution >= 4 is 23.9 Å². The Hall–Kier alpha value is -3.61. The Labute approximate surface area is 155 Å². The monoisotopic (exact) mass is 367 g/mol. The number of carbonyl (C=O) groups is 2. The minimum absolute atomic E-state index is 0.129. The molecule has 1 aliphatic rings. The fourth-order valence-electron chi connectivity index (χ4n) is 2.68. The number of carboxylic acid groups (broad SMARTS) is 1. The van der Waals surface area contributed by atoms with Gasteiger partial charge in [0.2, 0.25) is 5.90 Å². The van der Waals surface area contributed by atoms with E-state index in [4.69, 9.17) is 19.3 Å². The first-order valence-electron chi connectivity index (χ1n) is 8.06. The van der Waals surface area contributed by atoms with E-state index < -0.39 is 11.9 Å². The van der Waals surface area contributed by atoms with Crippen molar-refractivity contribution in [2.45, 2.75) is 6.42 Å². The predicted molar refractivity (Wildman–Crippen MR) is 97.9 cm³/mol. The molecule has 0 atom stereocenters. The van der Waals surface area contributed by atoms with Crippen LogP contribution in [0.5, 0.6) is 11.5 Å². The minimum atomic E-state index is -1.01. The third-order valence-corrected chi connectivity index (χ3v) is 3.90. The van der Waals surface area contributed by atoms with Gasteiger partial charge in [0.05, 0.1) is 20.6 Å². The topological polar surface area (TPSA) is 94.4 Å². The van der Waals surface area contributed by atoms with Crippen LogP contribution < -0.4 is 9.47 Å². The second-order valence-corrected chi connectivity index (χ2v) is 5.68. The fourth-order valence-corrected chi connectivity index (χ4v) is 2.68. The molecule has 2 aromatic carbocycles. The van der Waals surface area contributed by atoms with Crippen LogP contribution in [0.2, 0.25) is 0 Å². The number of nitrogens with zero attached hydrogens (tertiary/aromatic N) is 1. The van der Waals surface area contributed by atoms with Crippen molar-refractivity contribution in [2.75, 3.05) is 14.2 Å². The summed E-state index contributed by atoms with van der Waals surface area (Å²) in [7, 11) is 2.87. The van der Waals surface area contributed by atoms with E-state index in [1.54, 1.807) is 24.3 Å². The van der Waals surface area contributed by atoms with E-state index in [9.17, 15) is 9.59 Å². The van der Waals surface area contributed by atoms with Gasteiger partial charge in [0.25, 0.3) is 0 Å². The highest BCUT2D eigenvalue weighted by Crippen LogP contribution is 2.32. The number of carbonyl (C=O) groups excluding carboxylic acids is 1. The molecular formula is C20H17NO6. The maximum Gasteiger partial charge on any atom is 0.363 e. The Morgan fingerprint density at radius 2 is 1.78 bits per heavy atom. The van der Waals surface area contributed by atoms with Gasteiger partial charge in [-0.15, -0.1) is 0 Å². The van der Waals surface area contributed by atoms with E-state index in [1.807, 2.05) is 18.2 Å². The molecule has 1 heterocycles. The molecule has 0 radical (unpaired) electrons. The number of hydrogen-bond acceptors (Lipinski definition) is 6. The lowest BCUT2D eigenvalue weighted by Gasteiger charge is -2.13. The molecule has 0 aliphatic carbocycles. The van der Waals surface area contributed by atoms with Crippen molar-refractivity contribution in [1.29, 1.82) is 0 Å². The van der Waals surface area contributed by atoms with E-state index in [2.05, 4.69) is 4.99 Å². The van der Waals surface area contributed by atoms with Crippen LogP contribution >= 0.6 is 0 Å². The second-order valence-electron chi connectivity index (χ2n) is 5.68. The number of methoxy groups -OCH3 is 2. The highest BCUT2D eigenvalue weighted by Gasteiger charge is 2.24. The van der Waals surface area contributed by atoms with Gasteiger partial charge in [0, 0.05) is 11.1 Å². The van der Waals surface area contributed by atoms with Gasteiger partial charge in [-0.3, -0.25) is 4.79 Å². The molecule has 0 unspecified atom stereocenters. The molecule has 0 amide bonds. The van der Waals surface area contributed by atoms with E-state index in [0.29, 0.717) is 28.2 Å². The molecule has 1 N–H and O–H groups in total. The number of aliphatic carboxylic acids is 1. The van der Waals surface area contributed by atoms with Gasteiger partial charge in [-0.25, -0.2) is 9.79 Å².